The van der Waals surface area contributed by atoms with Crippen molar-refractivity contribution in [3.05, 3.63) is 47.7 Å². The molecular weight excluding hydrogens is 362 g/mol. The van der Waals surface area contributed by atoms with Crippen LogP contribution in [0.5, 0.6) is 17.4 Å². The van der Waals surface area contributed by atoms with Gasteiger partial charge in [0.1, 0.15) is 6.61 Å². The fraction of sp³-hybridized carbons (Fsp3) is 0.333. The average molecular weight is 382 g/mol. The van der Waals surface area contributed by atoms with E-state index in [-0.39, 0.29) is 23.6 Å². The molecule has 0 radical (unpaired) electrons. The Bertz CT molecular complexity index is 741. The summed E-state index contributed by atoms with van der Waals surface area (Å²) in [6.45, 7) is -1.88. The number of hydrogen-bond donors (Lipinski definition) is 1. The van der Waals surface area contributed by atoms with Crippen molar-refractivity contribution < 1.29 is 32.5 Å². The van der Waals surface area contributed by atoms with Crippen molar-refractivity contribution in [2.24, 2.45) is 0 Å². The van der Waals surface area contributed by atoms with Crippen LogP contribution in [0.3, 0.4) is 0 Å². The van der Waals surface area contributed by atoms with Gasteiger partial charge in [-0.2, -0.15) is 8.78 Å². The number of rotatable bonds is 10. The second-order valence-electron chi connectivity index (χ2n) is 5.27. The number of aromatic nitrogens is 1. The van der Waals surface area contributed by atoms with E-state index in [1.165, 1.54) is 25.3 Å². The van der Waals surface area contributed by atoms with Crippen molar-refractivity contribution in [2.75, 3.05) is 27.4 Å². The molecule has 0 saturated heterocycles. The van der Waals surface area contributed by atoms with E-state index in [4.69, 9.17) is 14.2 Å². The van der Waals surface area contributed by atoms with Crippen LogP contribution in [0.15, 0.2) is 36.5 Å². The molecule has 146 valence electrons. The molecule has 0 aliphatic rings. The van der Waals surface area contributed by atoms with Gasteiger partial charge in [-0.3, -0.25) is 4.79 Å². The lowest BCUT2D eigenvalue weighted by molar-refractivity contribution is -0.0512. The van der Waals surface area contributed by atoms with Crippen molar-refractivity contribution in [3.8, 4) is 17.4 Å². The first kappa shape index (κ1) is 20.4. The number of hydrogen-bond acceptors (Lipinski definition) is 6. The van der Waals surface area contributed by atoms with Crippen LogP contribution in [-0.2, 0) is 11.3 Å². The number of methoxy groups -OCH3 is 2. The highest BCUT2D eigenvalue weighted by molar-refractivity contribution is 5.94. The molecule has 1 N–H and O–H groups in total. The van der Waals surface area contributed by atoms with Gasteiger partial charge in [0, 0.05) is 31.5 Å². The largest absolute Gasteiger partial charge is 0.493 e. The number of nitrogens with zero attached hydrogens (tertiary/aromatic N) is 1. The average Bonchev–Trinajstić information content (AvgIpc) is 2.67. The zero-order valence-corrected chi connectivity index (χ0v) is 14.9. The number of carbonyl (C=O) groups is 1. The molecule has 2 aromatic rings. The van der Waals surface area contributed by atoms with Crippen molar-refractivity contribution in [3.63, 3.8) is 0 Å². The second kappa shape index (κ2) is 10.3. The molecule has 0 aliphatic carbocycles. The standard InChI is InChI=1S/C18H20F2N2O5/c1-24-7-8-26-16-6-3-12(10-21-16)11-22-17(23)13-4-5-14(27-18(19)20)15(9-13)25-2/h3-6,9-10,18H,7-8,11H2,1-2H3,(H,22,23). The first-order valence-corrected chi connectivity index (χ1v) is 8.01. The van der Waals surface area contributed by atoms with Gasteiger partial charge in [0.15, 0.2) is 11.5 Å². The second-order valence-corrected chi connectivity index (χ2v) is 5.27. The number of alkyl halides is 2. The molecule has 1 amide bonds. The first-order valence-electron chi connectivity index (χ1n) is 8.01. The highest BCUT2D eigenvalue weighted by Crippen LogP contribution is 2.29. The molecule has 0 fully saturated rings. The third-order valence-electron chi connectivity index (χ3n) is 3.43. The lowest BCUT2D eigenvalue weighted by Crippen LogP contribution is -2.23. The van der Waals surface area contributed by atoms with Crippen LogP contribution in [0, 0.1) is 0 Å². The number of pyridine rings is 1. The fourth-order valence-corrected chi connectivity index (χ4v) is 2.12. The van der Waals surface area contributed by atoms with Gasteiger partial charge in [0.2, 0.25) is 5.88 Å². The Hall–Kier alpha value is -2.94. The normalized spacial score (nSPS) is 10.6. The van der Waals surface area contributed by atoms with Gasteiger partial charge in [-0.05, 0) is 23.8 Å². The molecule has 1 aromatic heterocycles. The number of carbonyl (C=O) groups excluding carboxylic acids is 1. The molecule has 0 saturated carbocycles. The summed E-state index contributed by atoms with van der Waals surface area (Å²) in [6, 6.07) is 7.43. The summed E-state index contributed by atoms with van der Waals surface area (Å²) in [4.78, 5) is 16.4. The first-order chi connectivity index (χ1) is 13.0. The third kappa shape index (κ3) is 6.37. The zero-order chi connectivity index (χ0) is 19.6. The minimum atomic E-state index is -2.98. The number of halogens is 2. The van der Waals surface area contributed by atoms with Gasteiger partial charge in [-0.15, -0.1) is 0 Å². The van der Waals surface area contributed by atoms with Gasteiger partial charge in [-0.1, -0.05) is 6.07 Å². The monoisotopic (exact) mass is 382 g/mol. The van der Waals surface area contributed by atoms with Crippen LogP contribution in [0.25, 0.3) is 0 Å². The molecule has 2 rings (SSSR count). The highest BCUT2D eigenvalue weighted by Gasteiger charge is 2.14. The topological polar surface area (TPSA) is 78.9 Å². The van der Waals surface area contributed by atoms with E-state index in [1.807, 2.05) is 0 Å². The van der Waals surface area contributed by atoms with E-state index in [1.54, 1.807) is 25.4 Å². The van der Waals surface area contributed by atoms with Crippen molar-refractivity contribution in [1.82, 2.24) is 10.3 Å². The summed E-state index contributed by atoms with van der Waals surface area (Å²) in [5.74, 6) is -0.0294. The van der Waals surface area contributed by atoms with Crippen LogP contribution >= 0.6 is 0 Å². The summed E-state index contributed by atoms with van der Waals surface area (Å²) in [5, 5.41) is 2.71. The minimum Gasteiger partial charge on any atom is -0.493 e. The molecular formula is C18H20F2N2O5. The van der Waals surface area contributed by atoms with Crippen molar-refractivity contribution in [2.45, 2.75) is 13.2 Å². The molecule has 9 heteroatoms. The Morgan fingerprint density at radius 3 is 2.59 bits per heavy atom. The Balaban J connectivity index is 1.93. The Morgan fingerprint density at radius 1 is 1.15 bits per heavy atom. The quantitative estimate of drug-likeness (QED) is 0.637. The molecule has 0 aliphatic heterocycles. The van der Waals surface area contributed by atoms with E-state index in [2.05, 4.69) is 15.0 Å². The van der Waals surface area contributed by atoms with Crippen LogP contribution in [0.2, 0.25) is 0 Å². The van der Waals surface area contributed by atoms with Gasteiger partial charge in [0.05, 0.1) is 13.7 Å². The third-order valence-corrected chi connectivity index (χ3v) is 3.43. The SMILES string of the molecule is COCCOc1ccc(CNC(=O)c2ccc(OC(F)F)c(OC)c2)cn1. The molecule has 0 unspecified atom stereocenters. The van der Waals surface area contributed by atoms with E-state index in [9.17, 15) is 13.6 Å². The number of amides is 1. The molecule has 0 spiro atoms. The summed E-state index contributed by atoms with van der Waals surface area (Å²) in [5.41, 5.74) is 1.02. The highest BCUT2D eigenvalue weighted by atomic mass is 19.3. The Morgan fingerprint density at radius 2 is 1.96 bits per heavy atom. The van der Waals surface area contributed by atoms with Crippen molar-refractivity contribution >= 4 is 5.91 Å². The maximum atomic E-state index is 12.3. The molecule has 0 bridgehead atoms. The predicted octanol–water partition coefficient (Wildman–Crippen LogP) is 2.65. The van der Waals surface area contributed by atoms with Crippen LogP contribution in [0.4, 0.5) is 8.78 Å². The smallest absolute Gasteiger partial charge is 0.387 e. The minimum absolute atomic E-state index is 0.0437. The van der Waals surface area contributed by atoms with E-state index >= 15 is 0 Å². The molecule has 1 heterocycles. The van der Waals surface area contributed by atoms with Gasteiger partial charge >= 0.3 is 6.61 Å². The maximum Gasteiger partial charge on any atom is 0.387 e. The Kier molecular flexibility index (Phi) is 7.75. The van der Waals surface area contributed by atoms with E-state index in [0.717, 1.165) is 5.56 Å². The molecule has 0 atom stereocenters. The summed E-state index contributed by atoms with van der Waals surface area (Å²) in [7, 11) is 2.88. The fourth-order valence-electron chi connectivity index (χ4n) is 2.12. The van der Waals surface area contributed by atoms with Gasteiger partial charge in [-0.25, -0.2) is 4.98 Å². The zero-order valence-electron chi connectivity index (χ0n) is 14.9. The number of benzene rings is 1. The molecule has 7 nitrogen and oxygen atoms in total. The van der Waals surface area contributed by atoms with Crippen LogP contribution in [0.1, 0.15) is 15.9 Å². The lowest BCUT2D eigenvalue weighted by Gasteiger charge is -2.11. The number of nitrogens with one attached hydrogen (secondary N) is 1. The van der Waals surface area contributed by atoms with E-state index < -0.39 is 12.5 Å². The van der Waals surface area contributed by atoms with Crippen molar-refractivity contribution in [1.29, 1.82) is 0 Å². The van der Waals surface area contributed by atoms with Gasteiger partial charge < -0.3 is 24.3 Å². The number of ether oxygens (including phenoxy) is 4. The summed E-state index contributed by atoms with van der Waals surface area (Å²) >= 11 is 0. The molecule has 1 aromatic carbocycles. The van der Waals surface area contributed by atoms with Crippen LogP contribution < -0.4 is 19.5 Å². The Labute approximate surface area is 155 Å². The summed E-state index contributed by atoms with van der Waals surface area (Å²) in [6.07, 6.45) is 1.59. The van der Waals surface area contributed by atoms with Gasteiger partial charge in [0.25, 0.3) is 5.91 Å². The molecule has 27 heavy (non-hydrogen) atoms. The maximum absolute atomic E-state index is 12.3. The van der Waals surface area contributed by atoms with E-state index in [0.29, 0.717) is 19.1 Å². The van der Waals surface area contributed by atoms with Crippen LogP contribution in [-0.4, -0.2) is 44.9 Å². The predicted molar refractivity (Wildman–Crippen MR) is 92.4 cm³/mol. The summed E-state index contributed by atoms with van der Waals surface area (Å²) < 4.78 is 44.2. The lowest BCUT2D eigenvalue weighted by atomic mass is 10.2.